The van der Waals surface area contributed by atoms with Crippen molar-refractivity contribution in [3.8, 4) is 23.2 Å². The van der Waals surface area contributed by atoms with Gasteiger partial charge in [0.05, 0.1) is 24.5 Å². The fraction of sp³-hybridized carbons (Fsp3) is 0.550. The van der Waals surface area contributed by atoms with Crippen LogP contribution in [0.3, 0.4) is 0 Å². The van der Waals surface area contributed by atoms with Gasteiger partial charge < -0.3 is 4.74 Å². The molecule has 130 valence electrons. The zero-order valence-corrected chi connectivity index (χ0v) is 14.7. The first-order valence-corrected chi connectivity index (χ1v) is 9.34. The van der Waals surface area contributed by atoms with Crippen molar-refractivity contribution >= 4 is 0 Å². The van der Waals surface area contributed by atoms with E-state index >= 15 is 0 Å². The molecule has 0 bridgehead atoms. The molecular weight excluding hydrogens is 312 g/mol. The lowest BCUT2D eigenvalue weighted by atomic mass is 10.1. The molecule has 0 unspecified atom stereocenters. The van der Waals surface area contributed by atoms with E-state index in [-0.39, 0.29) is 6.10 Å². The van der Waals surface area contributed by atoms with Gasteiger partial charge in [0.15, 0.2) is 0 Å². The number of hydrogen-bond acceptors (Lipinski definition) is 4. The van der Waals surface area contributed by atoms with E-state index in [2.05, 4.69) is 40.1 Å². The first-order valence-electron chi connectivity index (χ1n) is 9.34. The van der Waals surface area contributed by atoms with E-state index in [1.54, 1.807) is 0 Å². The van der Waals surface area contributed by atoms with Gasteiger partial charge in [-0.3, -0.25) is 4.98 Å². The quantitative estimate of drug-likeness (QED) is 0.805. The summed E-state index contributed by atoms with van der Waals surface area (Å²) in [4.78, 5) is 4.63. The van der Waals surface area contributed by atoms with Gasteiger partial charge in [-0.15, -0.1) is 5.10 Å². The summed E-state index contributed by atoms with van der Waals surface area (Å²) < 4.78 is 7.67. The van der Waals surface area contributed by atoms with Gasteiger partial charge in [-0.25, -0.2) is 4.68 Å². The van der Waals surface area contributed by atoms with Crippen LogP contribution in [0.15, 0.2) is 18.5 Å². The summed E-state index contributed by atoms with van der Waals surface area (Å²) in [7, 11) is 0. The topological polar surface area (TPSA) is 52.8 Å². The summed E-state index contributed by atoms with van der Waals surface area (Å²) in [5.74, 6) is 7.15. The number of ether oxygens (including phenoxy) is 1. The molecule has 2 aromatic heterocycles. The Morgan fingerprint density at radius 1 is 1.28 bits per heavy atom. The van der Waals surface area contributed by atoms with Gasteiger partial charge in [0, 0.05) is 24.3 Å². The molecule has 0 spiro atoms. The highest BCUT2D eigenvalue weighted by Gasteiger charge is 2.18. The third-order valence-electron chi connectivity index (χ3n) is 4.79. The third kappa shape index (κ3) is 4.08. The van der Waals surface area contributed by atoms with Crippen LogP contribution in [0.5, 0.6) is 0 Å². The highest BCUT2D eigenvalue weighted by Crippen LogP contribution is 2.28. The van der Waals surface area contributed by atoms with Crippen LogP contribution in [0.25, 0.3) is 11.4 Å². The standard InChI is InChI=1S/C20H24N4O/c1-2-17-11-16(9-8-15-6-7-15)12-21-20(17)19-14-24(23-22-19)13-18-5-3-4-10-25-18/h11-12,14-15,18H,2-7,10,13H2,1H3/t18-/m1/s1. The normalized spacial score (nSPS) is 20.1. The molecular formula is C20H24N4O. The summed E-state index contributed by atoms with van der Waals surface area (Å²) in [6.07, 6.45) is 11.0. The molecule has 0 radical (unpaired) electrons. The zero-order valence-electron chi connectivity index (χ0n) is 14.7. The van der Waals surface area contributed by atoms with Crippen molar-refractivity contribution in [3.05, 3.63) is 29.6 Å². The second-order valence-electron chi connectivity index (χ2n) is 6.94. The summed E-state index contributed by atoms with van der Waals surface area (Å²) in [6.45, 7) is 3.76. The predicted octanol–water partition coefficient (Wildman–Crippen LogP) is 3.23. The Hall–Kier alpha value is -2.19. The van der Waals surface area contributed by atoms with Gasteiger partial charge in [-0.2, -0.15) is 0 Å². The molecule has 2 fully saturated rings. The molecule has 2 aromatic rings. The minimum atomic E-state index is 0.252. The molecule has 3 heterocycles. The predicted molar refractivity (Wildman–Crippen MR) is 95.8 cm³/mol. The molecule has 0 amide bonds. The van der Waals surface area contributed by atoms with Gasteiger partial charge in [-0.05, 0) is 50.2 Å². The van der Waals surface area contributed by atoms with Crippen molar-refractivity contribution in [3.63, 3.8) is 0 Å². The van der Waals surface area contributed by atoms with E-state index in [1.165, 1.54) is 31.2 Å². The van der Waals surface area contributed by atoms with Crippen LogP contribution >= 0.6 is 0 Å². The Morgan fingerprint density at radius 2 is 2.20 bits per heavy atom. The van der Waals surface area contributed by atoms with Crippen molar-refractivity contribution in [1.29, 1.82) is 0 Å². The van der Waals surface area contributed by atoms with E-state index in [9.17, 15) is 0 Å². The fourth-order valence-electron chi connectivity index (χ4n) is 3.15. The number of aromatic nitrogens is 4. The van der Waals surface area contributed by atoms with Gasteiger partial charge in [-0.1, -0.05) is 24.0 Å². The maximum Gasteiger partial charge on any atom is 0.131 e. The Labute approximate surface area is 148 Å². The van der Waals surface area contributed by atoms with Crippen molar-refractivity contribution in [1.82, 2.24) is 20.0 Å². The van der Waals surface area contributed by atoms with Crippen LogP contribution < -0.4 is 0 Å². The van der Waals surface area contributed by atoms with Gasteiger partial charge in [0.1, 0.15) is 5.69 Å². The molecule has 5 heteroatoms. The summed E-state index contributed by atoms with van der Waals surface area (Å²) >= 11 is 0. The Balaban J connectivity index is 1.51. The molecule has 1 aliphatic carbocycles. The Kier molecular flexibility index (Phi) is 4.80. The second-order valence-corrected chi connectivity index (χ2v) is 6.94. The molecule has 4 rings (SSSR count). The average Bonchev–Trinajstić information content (AvgIpc) is 3.38. The molecule has 5 nitrogen and oxygen atoms in total. The highest BCUT2D eigenvalue weighted by molar-refractivity contribution is 5.59. The SMILES string of the molecule is CCc1cc(C#CC2CC2)cnc1-c1cn(C[C@H]2CCCCO2)nn1. The van der Waals surface area contributed by atoms with Crippen LogP contribution in [0.4, 0.5) is 0 Å². The molecule has 1 aliphatic heterocycles. The lowest BCUT2D eigenvalue weighted by Gasteiger charge is -2.21. The third-order valence-corrected chi connectivity index (χ3v) is 4.79. The molecule has 1 atom stereocenters. The number of pyridine rings is 1. The first kappa shape index (κ1) is 16.3. The Morgan fingerprint density at radius 3 is 2.96 bits per heavy atom. The van der Waals surface area contributed by atoms with Crippen molar-refractivity contribution in [2.24, 2.45) is 5.92 Å². The van der Waals surface area contributed by atoms with Crippen molar-refractivity contribution in [2.75, 3.05) is 6.61 Å². The maximum atomic E-state index is 5.79. The van der Waals surface area contributed by atoms with E-state index in [4.69, 9.17) is 4.74 Å². The van der Waals surface area contributed by atoms with Crippen LogP contribution in [-0.4, -0.2) is 32.7 Å². The fourth-order valence-corrected chi connectivity index (χ4v) is 3.15. The largest absolute Gasteiger partial charge is 0.376 e. The molecule has 1 saturated heterocycles. The summed E-state index contributed by atoms with van der Waals surface area (Å²) in [6, 6.07) is 2.14. The van der Waals surface area contributed by atoms with Crippen molar-refractivity contribution in [2.45, 2.75) is 58.1 Å². The van der Waals surface area contributed by atoms with E-state index in [0.29, 0.717) is 5.92 Å². The van der Waals surface area contributed by atoms with E-state index in [0.717, 1.165) is 42.9 Å². The van der Waals surface area contributed by atoms with E-state index in [1.807, 2.05) is 17.1 Å². The number of nitrogens with zero attached hydrogens (tertiary/aromatic N) is 4. The van der Waals surface area contributed by atoms with Crippen LogP contribution in [0, 0.1) is 17.8 Å². The van der Waals surface area contributed by atoms with Crippen LogP contribution in [-0.2, 0) is 17.7 Å². The second kappa shape index (κ2) is 7.37. The van der Waals surface area contributed by atoms with Gasteiger partial charge in [0.2, 0.25) is 0 Å². The van der Waals surface area contributed by atoms with Gasteiger partial charge in [0.25, 0.3) is 0 Å². The molecule has 1 saturated carbocycles. The smallest absolute Gasteiger partial charge is 0.131 e. The minimum absolute atomic E-state index is 0.252. The summed E-state index contributed by atoms with van der Waals surface area (Å²) in [5, 5.41) is 8.60. The van der Waals surface area contributed by atoms with Gasteiger partial charge >= 0.3 is 0 Å². The van der Waals surface area contributed by atoms with E-state index < -0.39 is 0 Å². The minimum Gasteiger partial charge on any atom is -0.376 e. The zero-order chi connectivity index (χ0) is 17.1. The number of aryl methyl sites for hydroxylation is 1. The molecule has 25 heavy (non-hydrogen) atoms. The molecule has 0 N–H and O–H groups in total. The lowest BCUT2D eigenvalue weighted by molar-refractivity contribution is 0.00370. The van der Waals surface area contributed by atoms with Crippen molar-refractivity contribution < 1.29 is 4.74 Å². The Bertz CT molecular complexity index is 792. The first-order chi connectivity index (χ1) is 12.3. The average molecular weight is 336 g/mol. The monoisotopic (exact) mass is 336 g/mol. The van der Waals surface area contributed by atoms with Crippen LogP contribution in [0.1, 0.15) is 50.2 Å². The number of rotatable bonds is 4. The maximum absolute atomic E-state index is 5.79. The molecule has 0 aromatic carbocycles. The van der Waals surface area contributed by atoms with Crippen LogP contribution in [0.2, 0.25) is 0 Å². The summed E-state index contributed by atoms with van der Waals surface area (Å²) in [5.41, 5.74) is 3.91. The lowest BCUT2D eigenvalue weighted by Crippen LogP contribution is -2.24. The highest BCUT2D eigenvalue weighted by atomic mass is 16.5. The number of hydrogen-bond donors (Lipinski definition) is 0. The molecule has 2 aliphatic rings.